The summed E-state index contributed by atoms with van der Waals surface area (Å²) < 4.78 is 12.9. The van der Waals surface area contributed by atoms with Crippen LogP contribution in [0.5, 0.6) is 11.5 Å². The summed E-state index contributed by atoms with van der Waals surface area (Å²) in [5.41, 5.74) is 0.426. The molecule has 3 rings (SSSR count). The highest BCUT2D eigenvalue weighted by atomic mass is 79.9. The van der Waals surface area contributed by atoms with E-state index in [1.165, 1.54) is 18.9 Å². The number of fused-ring (bicyclic) bond motifs is 1. The minimum Gasteiger partial charge on any atom is -0.493 e. The van der Waals surface area contributed by atoms with Crippen molar-refractivity contribution in [2.75, 3.05) is 14.2 Å². The first-order chi connectivity index (χ1) is 10.7. The van der Waals surface area contributed by atoms with Crippen LogP contribution in [0, 0.1) is 0 Å². The third kappa shape index (κ3) is 2.35. The summed E-state index contributed by atoms with van der Waals surface area (Å²) in [4.78, 5) is 12.8. The molecule has 1 aromatic heterocycles. The number of hydrogen-bond acceptors (Lipinski definition) is 4. The van der Waals surface area contributed by atoms with Gasteiger partial charge in [-0.2, -0.15) is 9.78 Å². The molecule has 0 N–H and O–H groups in total. The maximum absolute atomic E-state index is 12.8. The number of ether oxygens (including phenoxy) is 2. The van der Waals surface area contributed by atoms with Crippen molar-refractivity contribution in [3.05, 3.63) is 57.4 Å². The normalized spacial score (nSPS) is 10.7. The van der Waals surface area contributed by atoms with Gasteiger partial charge in [0.2, 0.25) is 0 Å². The first-order valence-electron chi connectivity index (χ1n) is 6.54. The van der Waals surface area contributed by atoms with E-state index < -0.39 is 0 Å². The van der Waals surface area contributed by atoms with Crippen LogP contribution >= 0.6 is 15.9 Å². The lowest BCUT2D eigenvalue weighted by atomic mass is 10.1. The van der Waals surface area contributed by atoms with Gasteiger partial charge in [0, 0.05) is 9.86 Å². The number of aromatic nitrogens is 2. The summed E-state index contributed by atoms with van der Waals surface area (Å²) in [7, 11) is 3.05. The Hall–Kier alpha value is -2.34. The molecule has 0 atom stereocenters. The monoisotopic (exact) mass is 360 g/mol. The lowest BCUT2D eigenvalue weighted by molar-refractivity contribution is 0.358. The third-order valence-corrected chi connectivity index (χ3v) is 3.90. The largest absolute Gasteiger partial charge is 0.493 e. The lowest BCUT2D eigenvalue weighted by Gasteiger charge is -2.11. The predicted molar refractivity (Wildman–Crippen MR) is 88.1 cm³/mol. The van der Waals surface area contributed by atoms with Crippen molar-refractivity contribution >= 4 is 26.7 Å². The molecule has 112 valence electrons. The third-order valence-electron chi connectivity index (χ3n) is 3.37. The zero-order chi connectivity index (χ0) is 15.7. The summed E-state index contributed by atoms with van der Waals surface area (Å²) in [6, 6.07) is 10.9. The van der Waals surface area contributed by atoms with Gasteiger partial charge in [-0.1, -0.05) is 15.9 Å². The number of rotatable bonds is 3. The molecular weight excluding hydrogens is 348 g/mol. The van der Waals surface area contributed by atoms with E-state index in [-0.39, 0.29) is 5.56 Å². The minimum atomic E-state index is -0.254. The van der Waals surface area contributed by atoms with Crippen LogP contribution in [0.3, 0.4) is 0 Å². The molecule has 22 heavy (non-hydrogen) atoms. The van der Waals surface area contributed by atoms with E-state index in [0.29, 0.717) is 28.0 Å². The molecule has 0 spiro atoms. The summed E-state index contributed by atoms with van der Waals surface area (Å²) in [6.07, 6.45) is 1.64. The lowest BCUT2D eigenvalue weighted by Crippen LogP contribution is -2.21. The van der Waals surface area contributed by atoms with E-state index in [9.17, 15) is 4.79 Å². The van der Waals surface area contributed by atoms with E-state index in [0.717, 1.165) is 4.47 Å². The number of benzene rings is 2. The van der Waals surface area contributed by atoms with Crippen LogP contribution < -0.4 is 15.0 Å². The van der Waals surface area contributed by atoms with Crippen molar-refractivity contribution in [1.82, 2.24) is 9.78 Å². The minimum absolute atomic E-state index is 0.254. The van der Waals surface area contributed by atoms with Crippen molar-refractivity contribution in [3.63, 3.8) is 0 Å². The predicted octanol–water partition coefficient (Wildman–Crippen LogP) is 3.17. The molecule has 0 aliphatic heterocycles. The van der Waals surface area contributed by atoms with Crippen LogP contribution in [0.25, 0.3) is 16.5 Å². The van der Waals surface area contributed by atoms with Gasteiger partial charge in [-0.05, 0) is 36.4 Å². The highest BCUT2D eigenvalue weighted by Gasteiger charge is 2.15. The Bertz CT molecular complexity index is 888. The fourth-order valence-electron chi connectivity index (χ4n) is 2.31. The van der Waals surface area contributed by atoms with E-state index in [2.05, 4.69) is 21.0 Å². The summed E-state index contributed by atoms with van der Waals surface area (Å²) in [6.45, 7) is 0. The maximum Gasteiger partial charge on any atom is 0.283 e. The molecule has 5 nitrogen and oxygen atoms in total. The zero-order valence-corrected chi connectivity index (χ0v) is 13.6. The zero-order valence-electron chi connectivity index (χ0n) is 12.0. The van der Waals surface area contributed by atoms with E-state index in [1.807, 2.05) is 24.3 Å². The number of hydrogen-bond donors (Lipinski definition) is 0. The quantitative estimate of drug-likeness (QED) is 0.719. The molecule has 1 heterocycles. The smallest absolute Gasteiger partial charge is 0.283 e. The second-order valence-corrected chi connectivity index (χ2v) is 5.52. The number of halogens is 1. The summed E-state index contributed by atoms with van der Waals surface area (Å²) in [5.74, 6) is 0.930. The molecule has 0 saturated heterocycles. The fourth-order valence-corrected chi connectivity index (χ4v) is 2.58. The first kappa shape index (κ1) is 14.6. The molecule has 0 amide bonds. The number of methoxy groups -OCH3 is 2. The van der Waals surface area contributed by atoms with Gasteiger partial charge in [-0.15, -0.1) is 0 Å². The molecule has 2 aromatic carbocycles. The Morgan fingerprint density at radius 3 is 2.41 bits per heavy atom. The molecule has 0 bridgehead atoms. The van der Waals surface area contributed by atoms with Crippen molar-refractivity contribution in [2.45, 2.75) is 0 Å². The van der Waals surface area contributed by atoms with Gasteiger partial charge in [0.1, 0.15) is 0 Å². The molecule has 0 aliphatic carbocycles. The van der Waals surface area contributed by atoms with Crippen LogP contribution in [-0.2, 0) is 0 Å². The Balaban J connectivity index is 2.33. The van der Waals surface area contributed by atoms with Crippen LogP contribution in [-0.4, -0.2) is 24.0 Å². The maximum atomic E-state index is 12.8. The average molecular weight is 361 g/mol. The summed E-state index contributed by atoms with van der Waals surface area (Å²) in [5, 5.41) is 5.38. The van der Waals surface area contributed by atoms with Gasteiger partial charge >= 0.3 is 0 Å². The second kappa shape index (κ2) is 5.81. The highest BCUT2D eigenvalue weighted by molar-refractivity contribution is 9.10. The van der Waals surface area contributed by atoms with Gasteiger partial charge in [0.25, 0.3) is 5.56 Å². The van der Waals surface area contributed by atoms with E-state index in [4.69, 9.17) is 9.47 Å². The van der Waals surface area contributed by atoms with Gasteiger partial charge in [0.05, 0.1) is 31.5 Å². The second-order valence-electron chi connectivity index (χ2n) is 4.60. The molecular formula is C16H13BrN2O3. The fraction of sp³-hybridized carbons (Fsp3) is 0.125. The molecule has 6 heteroatoms. The van der Waals surface area contributed by atoms with Crippen LogP contribution in [0.4, 0.5) is 0 Å². The molecule has 3 aromatic rings. The van der Waals surface area contributed by atoms with Crippen molar-refractivity contribution in [1.29, 1.82) is 0 Å². The van der Waals surface area contributed by atoms with Gasteiger partial charge in [-0.25, -0.2) is 0 Å². The summed E-state index contributed by atoms with van der Waals surface area (Å²) >= 11 is 3.37. The number of nitrogens with zero attached hydrogens (tertiary/aromatic N) is 2. The molecule has 0 radical (unpaired) electrons. The molecule has 0 unspecified atom stereocenters. The Kier molecular flexibility index (Phi) is 3.85. The highest BCUT2D eigenvalue weighted by Crippen LogP contribution is 2.32. The topological polar surface area (TPSA) is 53.4 Å². The van der Waals surface area contributed by atoms with Crippen LogP contribution in [0.2, 0.25) is 0 Å². The van der Waals surface area contributed by atoms with Crippen molar-refractivity contribution in [3.8, 4) is 17.2 Å². The van der Waals surface area contributed by atoms with Crippen molar-refractivity contribution in [2.24, 2.45) is 0 Å². The molecule has 0 aliphatic rings. The Morgan fingerprint density at radius 1 is 1.05 bits per heavy atom. The van der Waals surface area contributed by atoms with Crippen LogP contribution in [0.15, 0.2) is 51.9 Å². The average Bonchev–Trinajstić information content (AvgIpc) is 2.55. The van der Waals surface area contributed by atoms with Gasteiger partial charge in [-0.3, -0.25) is 4.79 Å². The molecule has 0 saturated carbocycles. The van der Waals surface area contributed by atoms with Gasteiger partial charge in [0.15, 0.2) is 11.5 Å². The van der Waals surface area contributed by atoms with Gasteiger partial charge < -0.3 is 9.47 Å². The Morgan fingerprint density at radius 2 is 1.77 bits per heavy atom. The van der Waals surface area contributed by atoms with E-state index in [1.54, 1.807) is 18.3 Å². The Labute approximate surface area is 135 Å². The first-order valence-corrected chi connectivity index (χ1v) is 7.34. The SMILES string of the molecule is COc1ccc2cnn(-c3ccc(Br)cc3)c(=O)c2c1OC. The van der Waals surface area contributed by atoms with Crippen molar-refractivity contribution < 1.29 is 9.47 Å². The van der Waals surface area contributed by atoms with E-state index >= 15 is 0 Å². The van der Waals surface area contributed by atoms with Crippen LogP contribution in [0.1, 0.15) is 0 Å². The standard InChI is InChI=1S/C16H13BrN2O3/c1-21-13-8-3-10-9-18-19(12-6-4-11(17)5-7-12)16(20)14(10)15(13)22-2/h3-9H,1-2H3. The molecule has 0 fully saturated rings.